The molecule has 0 radical (unpaired) electrons. The van der Waals surface area contributed by atoms with Gasteiger partial charge in [0.1, 0.15) is 17.3 Å². The molecule has 0 N–H and O–H groups in total. The van der Waals surface area contributed by atoms with Gasteiger partial charge in [-0.1, -0.05) is 35.9 Å². The summed E-state index contributed by atoms with van der Waals surface area (Å²) in [6.07, 6.45) is 0. The summed E-state index contributed by atoms with van der Waals surface area (Å²) in [5, 5.41) is 0.528. The summed E-state index contributed by atoms with van der Waals surface area (Å²) in [6.45, 7) is 3.56. The van der Waals surface area contributed by atoms with Gasteiger partial charge in [0.05, 0.1) is 5.02 Å². The number of hydrogen-bond acceptors (Lipinski definition) is 4. The van der Waals surface area contributed by atoms with Crippen LogP contribution in [0.25, 0.3) is 0 Å². The number of halogens is 1. The van der Waals surface area contributed by atoms with E-state index in [-0.39, 0.29) is 17.6 Å². The molecule has 3 rings (SSSR count). The summed E-state index contributed by atoms with van der Waals surface area (Å²) in [6, 6.07) is 14.5. The van der Waals surface area contributed by atoms with E-state index in [1.807, 2.05) is 24.3 Å². The summed E-state index contributed by atoms with van der Waals surface area (Å²) >= 11 is 6.09. The maximum absolute atomic E-state index is 12.4. The Bertz CT molecular complexity index is 896. The summed E-state index contributed by atoms with van der Waals surface area (Å²) in [4.78, 5) is 27.1. The zero-order chi connectivity index (χ0) is 20.8. The molecule has 29 heavy (non-hydrogen) atoms. The molecule has 2 aromatic carbocycles. The van der Waals surface area contributed by atoms with Crippen molar-refractivity contribution in [1.82, 2.24) is 9.80 Å². The fourth-order valence-corrected chi connectivity index (χ4v) is 4.34. The van der Waals surface area contributed by atoms with Crippen LogP contribution in [0.4, 0.5) is 0 Å². The van der Waals surface area contributed by atoms with Crippen molar-refractivity contribution < 1.29 is 18.5 Å². The average Bonchev–Trinajstić information content (AvgIpc) is 2.71. The Balaban J connectivity index is 1.49. The molecule has 2 aromatic rings. The smallest absolute Gasteiger partial charge is 0.235 e. The van der Waals surface area contributed by atoms with Gasteiger partial charge in [-0.05, 0) is 29.8 Å². The highest BCUT2D eigenvalue weighted by atomic mass is 35.5. The van der Waals surface area contributed by atoms with Crippen molar-refractivity contribution in [1.29, 1.82) is 0 Å². The number of ether oxygens (including phenoxy) is 1. The molecule has 1 unspecified atom stereocenters. The van der Waals surface area contributed by atoms with Crippen LogP contribution >= 0.6 is 11.6 Å². The standard InChI is InChI=1S/C21H23ClN2O4S/c1-16(25)23-10-12-24(13-11-23)21(26)15-29(27)14-17-6-8-18(9-7-17)28-20-5-3-2-4-19(20)22/h2-9H,10-15H2,1H3. The van der Waals surface area contributed by atoms with Crippen LogP contribution in [0.2, 0.25) is 5.02 Å². The minimum absolute atomic E-state index is 0.0159. The van der Waals surface area contributed by atoms with Gasteiger partial charge < -0.3 is 14.5 Å². The van der Waals surface area contributed by atoms with Gasteiger partial charge >= 0.3 is 0 Å². The van der Waals surface area contributed by atoms with Gasteiger partial charge in [0, 0.05) is 49.7 Å². The molecule has 1 saturated heterocycles. The van der Waals surface area contributed by atoms with E-state index < -0.39 is 10.8 Å². The van der Waals surface area contributed by atoms with E-state index in [2.05, 4.69) is 0 Å². The van der Waals surface area contributed by atoms with Gasteiger partial charge in [-0.15, -0.1) is 0 Å². The van der Waals surface area contributed by atoms with Crippen molar-refractivity contribution in [2.45, 2.75) is 12.7 Å². The lowest BCUT2D eigenvalue weighted by molar-refractivity contribution is -0.136. The second-order valence-electron chi connectivity index (χ2n) is 6.79. The number of benzene rings is 2. The normalized spacial score (nSPS) is 15.1. The fourth-order valence-electron chi connectivity index (χ4n) is 3.04. The molecule has 6 nitrogen and oxygen atoms in total. The summed E-state index contributed by atoms with van der Waals surface area (Å²) in [7, 11) is -1.30. The van der Waals surface area contributed by atoms with Crippen LogP contribution in [-0.4, -0.2) is 57.8 Å². The number of para-hydroxylation sites is 1. The van der Waals surface area contributed by atoms with Crippen molar-refractivity contribution in [2.75, 3.05) is 31.9 Å². The van der Waals surface area contributed by atoms with Crippen LogP contribution in [0.15, 0.2) is 48.5 Å². The van der Waals surface area contributed by atoms with Crippen LogP contribution < -0.4 is 4.74 Å². The quantitative estimate of drug-likeness (QED) is 0.700. The average molecular weight is 435 g/mol. The minimum atomic E-state index is -1.30. The Morgan fingerprint density at radius 2 is 1.62 bits per heavy atom. The maximum atomic E-state index is 12.4. The van der Waals surface area contributed by atoms with Gasteiger partial charge in [-0.3, -0.25) is 13.8 Å². The Morgan fingerprint density at radius 1 is 1.00 bits per heavy atom. The number of carbonyl (C=O) groups excluding carboxylic acids is 2. The molecule has 154 valence electrons. The Morgan fingerprint density at radius 3 is 2.24 bits per heavy atom. The van der Waals surface area contributed by atoms with E-state index in [1.54, 1.807) is 34.1 Å². The van der Waals surface area contributed by atoms with E-state index in [4.69, 9.17) is 16.3 Å². The number of piperazine rings is 1. The number of amides is 2. The van der Waals surface area contributed by atoms with E-state index in [9.17, 15) is 13.8 Å². The highest BCUT2D eigenvalue weighted by Crippen LogP contribution is 2.28. The highest BCUT2D eigenvalue weighted by molar-refractivity contribution is 7.84. The summed E-state index contributed by atoms with van der Waals surface area (Å²) in [5.74, 6) is 1.37. The molecule has 1 fully saturated rings. The monoisotopic (exact) mass is 434 g/mol. The molecule has 1 aliphatic heterocycles. The predicted octanol–water partition coefficient (Wildman–Crippen LogP) is 3.07. The lowest BCUT2D eigenvalue weighted by Gasteiger charge is -2.34. The van der Waals surface area contributed by atoms with Gasteiger partial charge in [0.2, 0.25) is 11.8 Å². The Hall–Kier alpha value is -2.38. The number of carbonyl (C=O) groups is 2. The molecular weight excluding hydrogens is 412 g/mol. The molecule has 0 aliphatic carbocycles. The number of rotatable bonds is 6. The summed E-state index contributed by atoms with van der Waals surface area (Å²) < 4.78 is 18.2. The molecule has 1 atom stereocenters. The van der Waals surface area contributed by atoms with Crippen LogP contribution in [0.3, 0.4) is 0 Å². The maximum Gasteiger partial charge on any atom is 0.235 e. The summed E-state index contributed by atoms with van der Waals surface area (Å²) in [5.41, 5.74) is 0.865. The minimum Gasteiger partial charge on any atom is -0.456 e. The van der Waals surface area contributed by atoms with Gasteiger partial charge in [-0.25, -0.2) is 0 Å². The largest absolute Gasteiger partial charge is 0.456 e. The predicted molar refractivity (Wildman–Crippen MR) is 114 cm³/mol. The first kappa shape index (κ1) is 21.3. The fraction of sp³-hybridized carbons (Fsp3) is 0.333. The zero-order valence-corrected chi connectivity index (χ0v) is 17.7. The molecule has 2 amide bonds. The van der Waals surface area contributed by atoms with Crippen molar-refractivity contribution >= 4 is 34.2 Å². The van der Waals surface area contributed by atoms with Crippen molar-refractivity contribution in [3.63, 3.8) is 0 Å². The third-order valence-electron chi connectivity index (χ3n) is 4.68. The van der Waals surface area contributed by atoms with E-state index in [0.29, 0.717) is 48.5 Å². The first-order valence-corrected chi connectivity index (χ1v) is 11.2. The highest BCUT2D eigenvalue weighted by Gasteiger charge is 2.23. The topological polar surface area (TPSA) is 66.9 Å². The van der Waals surface area contributed by atoms with Gasteiger partial charge in [-0.2, -0.15) is 0 Å². The molecule has 0 spiro atoms. The second-order valence-corrected chi connectivity index (χ2v) is 8.66. The van der Waals surface area contributed by atoms with Gasteiger partial charge in [0.25, 0.3) is 0 Å². The first-order chi connectivity index (χ1) is 13.9. The first-order valence-electron chi connectivity index (χ1n) is 9.32. The van der Waals surface area contributed by atoms with Crippen LogP contribution in [0.1, 0.15) is 12.5 Å². The third kappa shape index (κ3) is 6.05. The van der Waals surface area contributed by atoms with E-state index >= 15 is 0 Å². The van der Waals surface area contributed by atoms with Crippen LogP contribution in [0, 0.1) is 0 Å². The molecule has 1 aliphatic rings. The van der Waals surface area contributed by atoms with Crippen molar-refractivity contribution in [3.05, 3.63) is 59.1 Å². The molecule has 0 bridgehead atoms. The third-order valence-corrected chi connectivity index (χ3v) is 6.21. The molecular formula is C21H23ClN2O4S. The second kappa shape index (κ2) is 9.89. The van der Waals surface area contributed by atoms with E-state index in [1.165, 1.54) is 6.92 Å². The van der Waals surface area contributed by atoms with E-state index in [0.717, 1.165) is 5.56 Å². The lowest BCUT2D eigenvalue weighted by Crippen LogP contribution is -2.51. The van der Waals surface area contributed by atoms with Crippen molar-refractivity contribution in [2.24, 2.45) is 0 Å². The SMILES string of the molecule is CC(=O)N1CCN(C(=O)CS(=O)Cc2ccc(Oc3ccccc3Cl)cc2)CC1. The number of nitrogens with zero attached hydrogens (tertiary/aromatic N) is 2. The number of hydrogen-bond donors (Lipinski definition) is 0. The lowest BCUT2D eigenvalue weighted by atomic mass is 10.2. The Kier molecular flexibility index (Phi) is 7.28. The molecule has 1 heterocycles. The zero-order valence-electron chi connectivity index (χ0n) is 16.2. The van der Waals surface area contributed by atoms with Gasteiger partial charge in [0.15, 0.2) is 0 Å². The molecule has 8 heteroatoms. The van der Waals surface area contributed by atoms with Crippen molar-refractivity contribution in [3.8, 4) is 11.5 Å². The molecule has 0 saturated carbocycles. The van der Waals surface area contributed by atoms with Crippen LogP contribution in [-0.2, 0) is 26.1 Å². The Labute approximate surface area is 177 Å². The van der Waals surface area contributed by atoms with Crippen LogP contribution in [0.5, 0.6) is 11.5 Å². The molecule has 0 aromatic heterocycles.